The van der Waals surface area contributed by atoms with Crippen LogP contribution in [0.5, 0.6) is 0 Å². The molecule has 5 heteroatoms. The van der Waals surface area contributed by atoms with E-state index in [2.05, 4.69) is 10.3 Å². The molecule has 0 saturated heterocycles. The number of nitrogens with two attached hydrogens (primary N) is 1. The van der Waals surface area contributed by atoms with Gasteiger partial charge in [0.05, 0.1) is 5.69 Å². The first-order valence-corrected chi connectivity index (χ1v) is 5.06. The van der Waals surface area contributed by atoms with Gasteiger partial charge in [0.15, 0.2) is 0 Å². The maximum absolute atomic E-state index is 11.6. The van der Waals surface area contributed by atoms with Gasteiger partial charge in [0, 0.05) is 5.92 Å². The Morgan fingerprint density at radius 2 is 2.47 bits per heavy atom. The molecule has 1 unspecified atom stereocenters. The van der Waals surface area contributed by atoms with Crippen LogP contribution in [0.3, 0.4) is 0 Å². The number of oxazole rings is 1. The van der Waals surface area contributed by atoms with E-state index in [4.69, 9.17) is 10.2 Å². The van der Waals surface area contributed by atoms with Crippen molar-refractivity contribution in [2.45, 2.75) is 26.7 Å². The first-order chi connectivity index (χ1) is 7.13. The van der Waals surface area contributed by atoms with Gasteiger partial charge in [-0.15, -0.1) is 0 Å². The van der Waals surface area contributed by atoms with Crippen LogP contribution in [0.15, 0.2) is 10.7 Å². The van der Waals surface area contributed by atoms with E-state index in [0.717, 1.165) is 18.5 Å². The fourth-order valence-electron chi connectivity index (χ4n) is 1.20. The van der Waals surface area contributed by atoms with E-state index in [1.54, 1.807) is 6.92 Å². The van der Waals surface area contributed by atoms with E-state index in [1.165, 1.54) is 6.26 Å². The number of carbonyl (C=O) groups is 1. The average molecular weight is 211 g/mol. The van der Waals surface area contributed by atoms with Crippen molar-refractivity contribution >= 4 is 11.9 Å². The van der Waals surface area contributed by atoms with Crippen LogP contribution < -0.4 is 11.1 Å². The van der Waals surface area contributed by atoms with Gasteiger partial charge in [-0.2, -0.15) is 4.98 Å². The molecule has 0 radical (unpaired) electrons. The first-order valence-electron chi connectivity index (χ1n) is 5.06. The number of carbonyl (C=O) groups excluding carboxylic acids is 1. The lowest BCUT2D eigenvalue weighted by Gasteiger charge is -2.08. The Kier molecular flexibility index (Phi) is 4.30. The van der Waals surface area contributed by atoms with E-state index in [0.29, 0.717) is 6.54 Å². The monoisotopic (exact) mass is 211 g/mol. The number of hydrogen-bond donors (Lipinski definition) is 2. The van der Waals surface area contributed by atoms with E-state index in [1.807, 2.05) is 6.92 Å². The number of aromatic nitrogens is 1. The molecule has 0 fully saturated rings. The zero-order chi connectivity index (χ0) is 11.3. The van der Waals surface area contributed by atoms with Crippen LogP contribution in [0.1, 0.15) is 25.5 Å². The summed E-state index contributed by atoms with van der Waals surface area (Å²) in [7, 11) is 0. The first kappa shape index (κ1) is 11.7. The fourth-order valence-corrected chi connectivity index (χ4v) is 1.20. The number of nitrogens with zero attached hydrogens (tertiary/aromatic N) is 1. The minimum Gasteiger partial charge on any atom is -0.432 e. The Morgan fingerprint density at radius 1 is 1.73 bits per heavy atom. The van der Waals surface area contributed by atoms with Crippen LogP contribution in [-0.2, 0) is 4.79 Å². The van der Waals surface area contributed by atoms with Gasteiger partial charge in [0.25, 0.3) is 0 Å². The molecule has 0 spiro atoms. The Labute approximate surface area is 89.1 Å². The summed E-state index contributed by atoms with van der Waals surface area (Å²) in [5.41, 5.74) is 6.12. The van der Waals surface area contributed by atoms with Crippen LogP contribution in [-0.4, -0.2) is 17.4 Å². The summed E-state index contributed by atoms with van der Waals surface area (Å²) in [5, 5.41) is 2.61. The Morgan fingerprint density at radius 3 is 3.00 bits per heavy atom. The van der Waals surface area contributed by atoms with E-state index in [-0.39, 0.29) is 17.8 Å². The molecular weight excluding hydrogens is 194 g/mol. The van der Waals surface area contributed by atoms with Crippen molar-refractivity contribution in [1.82, 2.24) is 4.98 Å². The summed E-state index contributed by atoms with van der Waals surface area (Å²) in [4.78, 5) is 15.6. The van der Waals surface area contributed by atoms with Crippen molar-refractivity contribution in [1.29, 1.82) is 0 Å². The molecule has 0 aliphatic carbocycles. The maximum Gasteiger partial charge on any atom is 0.301 e. The average Bonchev–Trinajstić information content (AvgIpc) is 2.60. The number of anilines is 1. The minimum absolute atomic E-state index is 0.0687. The molecule has 1 aromatic rings. The second kappa shape index (κ2) is 5.50. The highest BCUT2D eigenvalue weighted by atomic mass is 16.4. The summed E-state index contributed by atoms with van der Waals surface area (Å²) in [6.07, 6.45) is 3.13. The molecule has 15 heavy (non-hydrogen) atoms. The highest BCUT2D eigenvalue weighted by molar-refractivity contribution is 5.90. The van der Waals surface area contributed by atoms with Crippen molar-refractivity contribution in [3.05, 3.63) is 12.0 Å². The second-order valence-corrected chi connectivity index (χ2v) is 3.62. The highest BCUT2D eigenvalue weighted by Gasteiger charge is 2.14. The summed E-state index contributed by atoms with van der Waals surface area (Å²) in [6.45, 7) is 4.27. The molecule has 1 aromatic heterocycles. The number of hydrogen-bond acceptors (Lipinski definition) is 4. The third-order valence-corrected chi connectivity index (χ3v) is 2.14. The van der Waals surface area contributed by atoms with Gasteiger partial charge in [-0.25, -0.2) is 0 Å². The third-order valence-electron chi connectivity index (χ3n) is 2.14. The zero-order valence-electron chi connectivity index (χ0n) is 9.12. The lowest BCUT2D eigenvalue weighted by molar-refractivity contribution is -0.119. The van der Waals surface area contributed by atoms with Crippen LogP contribution in [0.2, 0.25) is 0 Å². The molecule has 0 aliphatic heterocycles. The predicted octanol–water partition coefficient (Wildman–Crippen LogP) is 1.30. The molecule has 1 amide bonds. The topological polar surface area (TPSA) is 81.2 Å². The fraction of sp³-hybridized carbons (Fsp3) is 0.600. The van der Waals surface area contributed by atoms with Gasteiger partial charge in [-0.05, 0) is 26.3 Å². The molecule has 1 atom stereocenters. The second-order valence-electron chi connectivity index (χ2n) is 3.62. The van der Waals surface area contributed by atoms with Gasteiger partial charge in [-0.3, -0.25) is 10.1 Å². The van der Waals surface area contributed by atoms with Crippen LogP contribution in [0.25, 0.3) is 0 Å². The van der Waals surface area contributed by atoms with Gasteiger partial charge in [0.2, 0.25) is 5.91 Å². The van der Waals surface area contributed by atoms with Crippen LogP contribution in [0, 0.1) is 12.8 Å². The highest BCUT2D eigenvalue weighted by Crippen LogP contribution is 2.10. The van der Waals surface area contributed by atoms with Crippen molar-refractivity contribution in [2.75, 3.05) is 11.9 Å². The molecule has 84 valence electrons. The smallest absolute Gasteiger partial charge is 0.301 e. The number of amides is 1. The largest absolute Gasteiger partial charge is 0.432 e. The lowest BCUT2D eigenvalue weighted by atomic mass is 10.1. The lowest BCUT2D eigenvalue weighted by Crippen LogP contribution is -2.21. The zero-order valence-corrected chi connectivity index (χ0v) is 9.12. The van der Waals surface area contributed by atoms with E-state index >= 15 is 0 Å². The number of nitrogens with one attached hydrogen (secondary N) is 1. The van der Waals surface area contributed by atoms with Gasteiger partial charge >= 0.3 is 6.01 Å². The quantitative estimate of drug-likeness (QED) is 0.769. The molecular formula is C10H17N3O2. The van der Waals surface area contributed by atoms with Crippen molar-refractivity contribution in [3.8, 4) is 0 Å². The molecule has 0 saturated carbocycles. The summed E-state index contributed by atoms with van der Waals surface area (Å²) in [6, 6.07) is 0.261. The number of rotatable bonds is 5. The van der Waals surface area contributed by atoms with Crippen molar-refractivity contribution < 1.29 is 9.21 Å². The molecule has 1 rings (SSSR count). The predicted molar refractivity (Wildman–Crippen MR) is 57.3 cm³/mol. The molecule has 0 bridgehead atoms. The Balaban J connectivity index is 2.41. The standard InChI is InChI=1S/C10H17N3O2/c1-7(4-3-5-11)9(14)13-10-12-8(2)6-15-10/h6-7H,3-5,11H2,1-2H3,(H,12,13,14). The molecule has 3 N–H and O–H groups in total. The van der Waals surface area contributed by atoms with Crippen LogP contribution in [0.4, 0.5) is 6.01 Å². The van der Waals surface area contributed by atoms with Gasteiger partial charge < -0.3 is 10.2 Å². The third kappa shape index (κ3) is 3.71. The minimum atomic E-state index is -0.0784. The molecule has 0 aromatic carbocycles. The molecule has 0 aliphatic rings. The maximum atomic E-state index is 11.6. The van der Waals surface area contributed by atoms with E-state index < -0.39 is 0 Å². The SMILES string of the molecule is Cc1coc(NC(=O)C(C)CCCN)n1. The van der Waals surface area contributed by atoms with E-state index in [9.17, 15) is 4.79 Å². The van der Waals surface area contributed by atoms with Crippen molar-refractivity contribution in [2.24, 2.45) is 11.7 Å². The number of aryl methyl sites for hydroxylation is 1. The van der Waals surface area contributed by atoms with Crippen molar-refractivity contribution in [3.63, 3.8) is 0 Å². The van der Waals surface area contributed by atoms with Gasteiger partial charge in [-0.1, -0.05) is 6.92 Å². The summed E-state index contributed by atoms with van der Waals surface area (Å²) in [5.74, 6) is -0.147. The Hall–Kier alpha value is -1.36. The van der Waals surface area contributed by atoms with Gasteiger partial charge in [0.1, 0.15) is 6.26 Å². The summed E-state index contributed by atoms with van der Waals surface area (Å²) >= 11 is 0. The normalized spacial score (nSPS) is 12.5. The molecule has 5 nitrogen and oxygen atoms in total. The Bertz CT molecular complexity index is 322. The summed E-state index contributed by atoms with van der Waals surface area (Å²) < 4.78 is 5.02. The molecule has 1 heterocycles. The van der Waals surface area contributed by atoms with Crippen LogP contribution >= 0.6 is 0 Å².